The van der Waals surface area contributed by atoms with Crippen LogP contribution in [0.3, 0.4) is 0 Å². The van der Waals surface area contributed by atoms with E-state index in [9.17, 15) is 9.18 Å². The summed E-state index contributed by atoms with van der Waals surface area (Å²) in [5, 5.41) is 0. The lowest BCUT2D eigenvalue weighted by Gasteiger charge is -2.34. The van der Waals surface area contributed by atoms with E-state index < -0.39 is 5.82 Å². The summed E-state index contributed by atoms with van der Waals surface area (Å²) in [7, 11) is 0. The molecular formula is C16H22FN3O. The summed E-state index contributed by atoms with van der Waals surface area (Å²) < 4.78 is 12.8. The van der Waals surface area contributed by atoms with Crippen molar-refractivity contribution in [3.05, 3.63) is 29.8 Å². The van der Waals surface area contributed by atoms with Gasteiger partial charge in [0.2, 0.25) is 0 Å². The Balaban J connectivity index is 1.39. The maximum atomic E-state index is 12.8. The zero-order chi connectivity index (χ0) is 14.7. The van der Waals surface area contributed by atoms with Crippen molar-refractivity contribution >= 4 is 5.78 Å². The first kappa shape index (κ1) is 14.6. The minimum Gasteiger partial charge on any atom is -0.301 e. The molecule has 0 radical (unpaired) electrons. The number of rotatable bonds is 6. The monoisotopic (exact) mass is 291 g/mol. The molecule has 3 rings (SSSR count). The van der Waals surface area contributed by atoms with Crippen molar-refractivity contribution in [1.29, 1.82) is 0 Å². The van der Waals surface area contributed by atoms with Gasteiger partial charge in [-0.3, -0.25) is 9.78 Å². The smallest absolute Gasteiger partial charge is 0.182 e. The van der Waals surface area contributed by atoms with E-state index in [1.807, 2.05) is 0 Å². The summed E-state index contributed by atoms with van der Waals surface area (Å²) in [6.07, 6.45) is 4.36. The molecule has 1 aromatic rings. The number of ketones is 1. The number of halogens is 1. The van der Waals surface area contributed by atoms with Gasteiger partial charge in [0, 0.05) is 45.7 Å². The Bertz CT molecular complexity index is 479. The van der Waals surface area contributed by atoms with Crippen molar-refractivity contribution in [2.75, 3.05) is 39.3 Å². The van der Waals surface area contributed by atoms with Crippen LogP contribution in [0.25, 0.3) is 0 Å². The van der Waals surface area contributed by atoms with E-state index in [2.05, 4.69) is 14.8 Å². The van der Waals surface area contributed by atoms with Crippen LogP contribution in [0.2, 0.25) is 0 Å². The largest absolute Gasteiger partial charge is 0.301 e. The molecule has 0 amide bonds. The normalized spacial score (nSPS) is 20.6. The molecule has 2 fully saturated rings. The number of nitrogens with zero attached hydrogens (tertiary/aromatic N) is 3. The molecule has 0 atom stereocenters. The van der Waals surface area contributed by atoms with Gasteiger partial charge in [0.05, 0.1) is 6.20 Å². The molecule has 1 saturated heterocycles. The third-order valence-corrected chi connectivity index (χ3v) is 4.35. The first-order valence-corrected chi connectivity index (χ1v) is 7.80. The molecule has 0 spiro atoms. The van der Waals surface area contributed by atoms with Crippen molar-refractivity contribution < 1.29 is 9.18 Å². The summed E-state index contributed by atoms with van der Waals surface area (Å²) in [4.78, 5) is 20.7. The third kappa shape index (κ3) is 4.32. The molecule has 2 heterocycles. The number of Topliss-reactive ketones (excluding diaryl/α,β-unsaturated/α-hetero) is 1. The second-order valence-electron chi connectivity index (χ2n) is 6.12. The zero-order valence-electron chi connectivity index (χ0n) is 12.3. The molecular weight excluding hydrogens is 269 g/mol. The lowest BCUT2D eigenvalue weighted by molar-refractivity contribution is 0.0920. The van der Waals surface area contributed by atoms with Crippen LogP contribution in [-0.2, 0) is 0 Å². The average Bonchev–Trinajstić information content (AvgIpc) is 3.31. The fourth-order valence-electron chi connectivity index (χ4n) is 2.79. The van der Waals surface area contributed by atoms with Gasteiger partial charge in [-0.25, -0.2) is 4.39 Å². The number of pyridine rings is 1. The molecule has 4 nitrogen and oxygen atoms in total. The van der Waals surface area contributed by atoms with Gasteiger partial charge >= 0.3 is 0 Å². The fraction of sp³-hybridized carbons (Fsp3) is 0.625. The highest BCUT2D eigenvalue weighted by Gasteiger charge is 2.26. The maximum absolute atomic E-state index is 12.8. The first-order valence-electron chi connectivity index (χ1n) is 7.80. The van der Waals surface area contributed by atoms with Crippen LogP contribution < -0.4 is 0 Å². The standard InChI is InChI=1S/C16H22FN3O/c17-14-3-4-15(18-11-14)16(21)5-6-19-7-9-20(10-8-19)12-13-1-2-13/h3-4,11,13H,1-2,5-10,12H2. The second kappa shape index (κ2) is 6.62. The predicted molar refractivity (Wildman–Crippen MR) is 78.7 cm³/mol. The summed E-state index contributed by atoms with van der Waals surface area (Å²) in [5.41, 5.74) is 0.365. The summed E-state index contributed by atoms with van der Waals surface area (Å²) >= 11 is 0. The van der Waals surface area contributed by atoms with Crippen LogP contribution in [0, 0.1) is 11.7 Å². The number of hydrogen-bond donors (Lipinski definition) is 0. The van der Waals surface area contributed by atoms with Crippen molar-refractivity contribution in [2.45, 2.75) is 19.3 Å². The van der Waals surface area contributed by atoms with Crippen molar-refractivity contribution in [2.24, 2.45) is 5.92 Å². The third-order valence-electron chi connectivity index (χ3n) is 4.35. The SMILES string of the molecule is O=C(CCN1CCN(CC2CC2)CC1)c1ccc(F)cn1. The molecule has 1 aliphatic heterocycles. The van der Waals surface area contributed by atoms with E-state index in [1.165, 1.54) is 31.5 Å². The van der Waals surface area contributed by atoms with Crippen molar-refractivity contribution in [3.63, 3.8) is 0 Å². The number of aromatic nitrogens is 1. The van der Waals surface area contributed by atoms with E-state index >= 15 is 0 Å². The van der Waals surface area contributed by atoms with Gasteiger partial charge in [-0.05, 0) is 30.9 Å². The summed E-state index contributed by atoms with van der Waals surface area (Å²) in [5.74, 6) is 0.538. The lowest BCUT2D eigenvalue weighted by Crippen LogP contribution is -2.47. The van der Waals surface area contributed by atoms with Gasteiger partial charge in [0.25, 0.3) is 0 Å². The second-order valence-corrected chi connectivity index (χ2v) is 6.12. The van der Waals surface area contributed by atoms with Gasteiger partial charge in [-0.2, -0.15) is 0 Å². The van der Waals surface area contributed by atoms with Gasteiger partial charge < -0.3 is 9.80 Å². The van der Waals surface area contributed by atoms with Gasteiger partial charge in [0.15, 0.2) is 5.78 Å². The van der Waals surface area contributed by atoms with E-state index in [4.69, 9.17) is 0 Å². The van der Waals surface area contributed by atoms with Crippen LogP contribution in [0.4, 0.5) is 4.39 Å². The Hall–Kier alpha value is -1.33. The minimum absolute atomic E-state index is 0.00425. The quantitative estimate of drug-likeness (QED) is 0.749. The van der Waals surface area contributed by atoms with Crippen LogP contribution in [0.1, 0.15) is 29.8 Å². The predicted octanol–water partition coefficient (Wildman–Crippen LogP) is 1.82. The molecule has 5 heteroatoms. The van der Waals surface area contributed by atoms with Crippen LogP contribution in [0.15, 0.2) is 18.3 Å². The highest BCUT2D eigenvalue weighted by molar-refractivity contribution is 5.94. The minimum atomic E-state index is -0.404. The molecule has 2 aliphatic rings. The lowest BCUT2D eigenvalue weighted by atomic mass is 10.1. The Morgan fingerprint density at radius 1 is 1.19 bits per heavy atom. The Morgan fingerprint density at radius 3 is 2.52 bits per heavy atom. The Labute approximate surface area is 125 Å². The topological polar surface area (TPSA) is 36.4 Å². The Morgan fingerprint density at radius 2 is 1.90 bits per heavy atom. The van der Waals surface area contributed by atoms with Crippen molar-refractivity contribution in [1.82, 2.24) is 14.8 Å². The highest BCUT2D eigenvalue weighted by Crippen LogP contribution is 2.29. The van der Waals surface area contributed by atoms with Gasteiger partial charge in [-0.1, -0.05) is 0 Å². The van der Waals surface area contributed by atoms with Crippen LogP contribution >= 0.6 is 0 Å². The Kier molecular flexibility index (Phi) is 4.60. The van der Waals surface area contributed by atoms with Gasteiger partial charge in [-0.15, -0.1) is 0 Å². The number of piperazine rings is 1. The van der Waals surface area contributed by atoms with Crippen LogP contribution in [-0.4, -0.2) is 59.8 Å². The molecule has 1 aliphatic carbocycles. The van der Waals surface area contributed by atoms with E-state index in [-0.39, 0.29) is 5.78 Å². The number of carbonyl (C=O) groups excluding carboxylic acids is 1. The maximum Gasteiger partial charge on any atom is 0.182 e. The summed E-state index contributed by atoms with van der Waals surface area (Å²) in [6, 6.07) is 2.75. The molecule has 21 heavy (non-hydrogen) atoms. The van der Waals surface area contributed by atoms with Crippen molar-refractivity contribution in [3.8, 4) is 0 Å². The molecule has 0 bridgehead atoms. The van der Waals surface area contributed by atoms with E-state index in [0.29, 0.717) is 12.1 Å². The summed E-state index contributed by atoms with van der Waals surface area (Å²) in [6.45, 7) is 6.33. The molecule has 0 aromatic carbocycles. The van der Waals surface area contributed by atoms with E-state index in [1.54, 1.807) is 0 Å². The molecule has 1 saturated carbocycles. The molecule has 1 aromatic heterocycles. The highest BCUT2D eigenvalue weighted by atomic mass is 19.1. The van der Waals surface area contributed by atoms with E-state index in [0.717, 1.165) is 44.8 Å². The van der Waals surface area contributed by atoms with Crippen LogP contribution in [0.5, 0.6) is 0 Å². The first-order chi connectivity index (χ1) is 10.2. The fourth-order valence-corrected chi connectivity index (χ4v) is 2.79. The molecule has 0 N–H and O–H groups in total. The molecule has 0 unspecified atom stereocenters. The number of carbonyl (C=O) groups is 1. The molecule has 114 valence electrons. The number of hydrogen-bond acceptors (Lipinski definition) is 4. The van der Waals surface area contributed by atoms with Gasteiger partial charge in [0.1, 0.15) is 11.5 Å². The average molecular weight is 291 g/mol. The zero-order valence-corrected chi connectivity index (χ0v) is 12.3.